The van der Waals surface area contributed by atoms with Gasteiger partial charge in [-0.15, -0.1) is 45.3 Å². The molecule has 4 aromatic heterocycles. The first-order valence-electron chi connectivity index (χ1n) is 43.2. The van der Waals surface area contributed by atoms with Gasteiger partial charge in [-0.05, 0) is 261 Å². The third kappa shape index (κ3) is 25.3. The van der Waals surface area contributed by atoms with Gasteiger partial charge in [0.2, 0.25) is 0 Å². The number of hydrogen-bond donors (Lipinski definition) is 4. The topological polar surface area (TPSA) is 231 Å². The first-order valence-corrected chi connectivity index (χ1v) is 46.5. The number of aliphatic carboxylic acids is 4. The number of nitrogens with zero attached hydrogens (tertiary/aromatic N) is 6. The zero-order valence-corrected chi connectivity index (χ0v) is 77.5. The Kier molecular flexibility index (Phi) is 30.8. The summed E-state index contributed by atoms with van der Waals surface area (Å²) in [5.41, 5.74) is 25.5. The third-order valence-electron chi connectivity index (χ3n) is 21.9. The monoisotopic (exact) mass is 1850 g/mol. The molecule has 4 N–H and O–H groups in total. The Morgan fingerprint density at radius 1 is 0.285 bits per heavy atom. The minimum absolute atomic E-state index is 0.294. The van der Waals surface area contributed by atoms with Crippen molar-refractivity contribution < 1.29 is 39.6 Å². The molecule has 0 bridgehead atoms. The summed E-state index contributed by atoms with van der Waals surface area (Å²) in [5, 5.41) is 64.2. The summed E-state index contributed by atoms with van der Waals surface area (Å²) >= 11 is 5.74. The van der Waals surface area contributed by atoms with Gasteiger partial charge < -0.3 is 30.2 Å². The molecule has 4 heterocycles. The van der Waals surface area contributed by atoms with E-state index in [1.165, 1.54) is 97.5 Å². The Hall–Kier alpha value is -17.7. The Balaban J connectivity index is 0.000000208. The van der Waals surface area contributed by atoms with Crippen LogP contribution in [0.2, 0.25) is 0 Å². The lowest BCUT2D eigenvalue weighted by atomic mass is 10.0. The maximum absolute atomic E-state index is 11.3. The quantitative estimate of drug-likeness (QED) is 0.0142. The first kappa shape index (κ1) is 93.9. The maximum atomic E-state index is 11.3. The smallest absolute Gasteiger partial charge is 0.346 e. The molecule has 0 atom stereocenters. The summed E-state index contributed by atoms with van der Waals surface area (Å²) in [5.74, 6) is -4.95. The lowest BCUT2D eigenvalue weighted by Gasteiger charge is -2.26. The van der Waals surface area contributed by atoms with Gasteiger partial charge in [-0.1, -0.05) is 296 Å². The summed E-state index contributed by atoms with van der Waals surface area (Å²) in [6.45, 7) is 13.5. The lowest BCUT2D eigenvalue weighted by molar-refractivity contribution is -0.133. The van der Waals surface area contributed by atoms with E-state index in [0.29, 0.717) is 19.5 Å². The van der Waals surface area contributed by atoms with Gasteiger partial charge in [0.05, 0.1) is 6.57 Å². The van der Waals surface area contributed by atoms with Gasteiger partial charge in [0.15, 0.2) is 0 Å². The number of carboxylic acid groups (broad SMARTS) is 4. The van der Waals surface area contributed by atoms with Crippen molar-refractivity contribution in [2.24, 2.45) is 0 Å². The van der Waals surface area contributed by atoms with Crippen molar-refractivity contribution in [3.8, 4) is 60.0 Å². The Labute approximate surface area is 810 Å². The molecule has 0 radical (unpaired) electrons. The van der Waals surface area contributed by atoms with Crippen molar-refractivity contribution >= 4 is 200 Å². The molecule has 14 nitrogen and oxygen atoms in total. The number of rotatable bonds is 30. The predicted molar refractivity (Wildman–Crippen MR) is 568 cm³/mol. The minimum atomic E-state index is -1.24. The Morgan fingerprint density at radius 2 is 0.518 bits per heavy atom. The van der Waals surface area contributed by atoms with Crippen molar-refractivity contribution in [3.05, 3.63) is 471 Å². The van der Waals surface area contributed by atoms with E-state index in [2.05, 4.69) is 302 Å². The molecule has 0 spiro atoms. The highest BCUT2D eigenvalue weighted by Gasteiger charge is 2.19. The van der Waals surface area contributed by atoms with E-state index in [-0.39, 0.29) is 22.4 Å². The Morgan fingerprint density at radius 3 is 0.752 bits per heavy atom. The molecule has 0 saturated heterocycles. The fourth-order valence-corrected chi connectivity index (χ4v) is 18.7. The van der Waals surface area contributed by atoms with Gasteiger partial charge in [-0.3, -0.25) is 4.79 Å². The van der Waals surface area contributed by atoms with Crippen molar-refractivity contribution in [1.29, 1.82) is 15.8 Å². The largest absolute Gasteiger partial charge is 0.486 e. The van der Waals surface area contributed by atoms with Gasteiger partial charge >= 0.3 is 23.9 Å². The summed E-state index contributed by atoms with van der Waals surface area (Å²) < 4.78 is 0. The average Bonchev–Trinajstić information content (AvgIpc) is 1.45. The molecule has 0 unspecified atom stereocenters. The van der Waals surface area contributed by atoms with E-state index in [9.17, 15) is 39.6 Å². The number of carboxylic acids is 4. The van der Waals surface area contributed by atoms with Crippen LogP contribution in [-0.2, 0) is 19.2 Å². The SMILES string of the molecule is C/C(=C\c1ccc(N(c2ccc(/C=C/c3ccc(-c4ccc(/C=C(/C#N)C(=O)O)s4)cc3)cc2)c2ccc(/C=C/c3ccc(-c4ccc(/C=C(/C#N)C(=O)O)s4)cc3)cc2)cc1)c1ccccc1.[C-]#[N+]/C(=C\c1ccc(-c2ccc(/C=C/c3ccc(N(c4ccc(/C=C/c5ccc(-c6ccc(/C=C(\C#N)C(=O)O)s6)cc5)cc4)c4ccc(/C=C/c5cc(C)cc(C)c5)cc4)cc3)cc2)s1)C(=O)O. The maximum Gasteiger partial charge on any atom is 0.346 e. The third-order valence-corrected chi connectivity index (χ3v) is 26.2. The van der Waals surface area contributed by atoms with Crippen LogP contribution in [0.3, 0.4) is 0 Å². The zero-order valence-electron chi connectivity index (χ0n) is 74.2. The summed E-state index contributed by atoms with van der Waals surface area (Å²) in [6, 6.07) is 121. The standard InChI is InChI=1S/C60H43N3O4S2.C59H41N3O4S2/c1-40-34-41(2)36-47(35-40)9-8-46-18-28-53(29-19-46)63(51-24-14-44(15-25-51)6-4-42-10-20-48(21-11-42)57-32-30-54(68-57)37-50(39-61)59(64)65)52-26-16-45(17-27-52)7-5-43-12-22-49(23-13-43)58-33-31-55(69-58)38-56(62-3)60(66)67;1-40(46-5-3-2-4-6-46)35-45-19-29-53(30-20-45)62(51-25-15-43(16-26-51)9-7-41-11-21-47(22-12-41)56-33-31-54(67-56)36-49(38-60)58(63)64)52-27-17-44(18-28-52)10-8-42-13-23-48(24-14-42)57-34-32-55(68-57)37-50(39-61)59(65)66/h4-38H,1-2H3,(H,64,65)(H,66,67);2-37H,1H3,(H,63,64)(H,65,66)/b6-4+,7-5+,9-8+,50-37+,56-38-;9-7+,10-8+,40-35+,49-36-,50-37-. The van der Waals surface area contributed by atoms with Crippen molar-refractivity contribution in [1.82, 2.24) is 0 Å². The molecule has 0 aliphatic rings. The van der Waals surface area contributed by atoms with Gasteiger partial charge in [-0.2, -0.15) is 15.8 Å². The van der Waals surface area contributed by atoms with Gasteiger partial charge in [0.1, 0.15) is 34.9 Å². The van der Waals surface area contributed by atoms with Crippen LogP contribution in [0.5, 0.6) is 0 Å². The molecule has 137 heavy (non-hydrogen) atoms. The lowest BCUT2D eigenvalue weighted by Crippen LogP contribution is -2.09. The molecule has 0 saturated carbocycles. The molecule has 12 aromatic carbocycles. The van der Waals surface area contributed by atoms with Crippen LogP contribution in [0.1, 0.15) is 104 Å². The van der Waals surface area contributed by atoms with Crippen molar-refractivity contribution in [2.75, 3.05) is 9.80 Å². The molecule has 0 fully saturated rings. The van der Waals surface area contributed by atoms with Crippen LogP contribution in [0, 0.1) is 54.4 Å². The number of allylic oxidation sites excluding steroid dienone is 1. The second-order valence-corrected chi connectivity index (χ2v) is 36.1. The fraction of sp³-hybridized carbons (Fsp3) is 0.0252. The van der Waals surface area contributed by atoms with Crippen LogP contribution in [0.4, 0.5) is 34.1 Å². The van der Waals surface area contributed by atoms with Gasteiger partial charge in [-0.25, -0.2) is 19.2 Å². The normalized spacial score (nSPS) is 11.9. The molecule has 0 aliphatic heterocycles. The van der Waals surface area contributed by atoms with E-state index in [1.807, 2.05) is 140 Å². The predicted octanol–water partition coefficient (Wildman–Crippen LogP) is 31.6. The molecule has 16 aromatic rings. The minimum Gasteiger partial charge on any atom is -0.486 e. The summed E-state index contributed by atoms with van der Waals surface area (Å²) in [4.78, 5) is 59.5. The molecular weight excluding hydrogens is 1770 g/mol. The molecule has 0 aliphatic carbocycles. The van der Waals surface area contributed by atoms with Gasteiger partial charge in [0.25, 0.3) is 5.70 Å². The van der Waals surface area contributed by atoms with Crippen molar-refractivity contribution in [3.63, 3.8) is 0 Å². The molecule has 662 valence electrons. The van der Waals surface area contributed by atoms with Crippen LogP contribution in [0.25, 0.3) is 143 Å². The van der Waals surface area contributed by atoms with E-state index in [1.54, 1.807) is 18.2 Å². The molecule has 16 rings (SSSR count). The number of benzene rings is 12. The molecule has 0 amide bonds. The zero-order chi connectivity index (χ0) is 95.7. The number of carbonyl (C=O) groups is 4. The number of hydrogen-bond acceptors (Lipinski definition) is 13. The number of anilines is 6. The van der Waals surface area contributed by atoms with Crippen LogP contribution >= 0.6 is 45.3 Å². The fourth-order valence-electron chi connectivity index (χ4n) is 14.9. The Bertz CT molecular complexity index is 7260. The number of aryl methyl sites for hydroxylation is 2. The van der Waals surface area contributed by atoms with Crippen LogP contribution < -0.4 is 9.80 Å². The highest BCUT2D eigenvalue weighted by molar-refractivity contribution is 7.17. The summed E-state index contributed by atoms with van der Waals surface area (Å²) in [6.07, 6.45) is 28.7. The second-order valence-electron chi connectivity index (χ2n) is 31.7. The second kappa shape index (κ2) is 44.9. The van der Waals surface area contributed by atoms with Crippen LogP contribution in [-0.4, -0.2) is 44.3 Å². The first-order chi connectivity index (χ1) is 66.6. The summed E-state index contributed by atoms with van der Waals surface area (Å²) in [7, 11) is 0. The van der Waals surface area contributed by atoms with E-state index < -0.39 is 23.9 Å². The molecule has 18 heteroatoms. The number of thiophene rings is 4. The van der Waals surface area contributed by atoms with Crippen LogP contribution in [0.15, 0.2) is 362 Å². The highest BCUT2D eigenvalue weighted by atomic mass is 32.1. The van der Waals surface area contributed by atoms with E-state index in [0.717, 1.165) is 132 Å². The highest BCUT2D eigenvalue weighted by Crippen LogP contribution is 2.41. The van der Waals surface area contributed by atoms with Gasteiger partial charge in [0, 0.05) is 73.1 Å². The van der Waals surface area contributed by atoms with E-state index in [4.69, 9.17) is 22.4 Å². The van der Waals surface area contributed by atoms with Crippen molar-refractivity contribution in [2.45, 2.75) is 20.8 Å². The average molecular weight is 1850 g/mol. The number of nitriles is 3. The van der Waals surface area contributed by atoms with E-state index >= 15 is 0 Å². The molecular formula is C119H84N6O8S4.